The van der Waals surface area contributed by atoms with Gasteiger partial charge in [0.1, 0.15) is 18.0 Å². The van der Waals surface area contributed by atoms with E-state index in [4.69, 9.17) is 4.74 Å². The lowest BCUT2D eigenvalue weighted by Crippen LogP contribution is -2.47. The van der Waals surface area contributed by atoms with E-state index in [-0.39, 0.29) is 6.61 Å². The highest BCUT2D eigenvalue weighted by atomic mass is 16.5. The van der Waals surface area contributed by atoms with Crippen LogP contribution in [0.5, 0.6) is 5.75 Å². The molecule has 0 aliphatic carbocycles. The fourth-order valence-corrected chi connectivity index (χ4v) is 1.58. The van der Waals surface area contributed by atoms with Crippen LogP contribution in [0, 0.1) is 0 Å². The molecule has 0 aromatic heterocycles. The summed E-state index contributed by atoms with van der Waals surface area (Å²) >= 11 is 0. The van der Waals surface area contributed by atoms with Crippen molar-refractivity contribution in [1.29, 1.82) is 0 Å². The van der Waals surface area contributed by atoms with Crippen molar-refractivity contribution in [2.45, 2.75) is 31.9 Å². The summed E-state index contributed by atoms with van der Waals surface area (Å²) < 4.78 is 5.62. The number of benzene rings is 1. The van der Waals surface area contributed by atoms with Crippen molar-refractivity contribution >= 4 is 0 Å². The van der Waals surface area contributed by atoms with E-state index in [0.717, 1.165) is 5.75 Å². The van der Waals surface area contributed by atoms with Crippen LogP contribution in [0.1, 0.15) is 20.3 Å². The van der Waals surface area contributed by atoms with Crippen LogP contribution in [0.3, 0.4) is 0 Å². The molecule has 0 bridgehead atoms. The summed E-state index contributed by atoms with van der Waals surface area (Å²) in [5.41, 5.74) is -0.915. The van der Waals surface area contributed by atoms with Crippen molar-refractivity contribution in [3.63, 3.8) is 0 Å². The summed E-state index contributed by atoms with van der Waals surface area (Å²) in [6.07, 6.45) is 2.22. The Kier molecular flexibility index (Phi) is 5.89. The van der Waals surface area contributed by atoms with Crippen LogP contribution in [0.4, 0.5) is 0 Å². The van der Waals surface area contributed by atoms with E-state index in [0.29, 0.717) is 19.0 Å². The molecule has 0 amide bonds. The SMILES string of the molecule is C=CCC(O)(CNC(C)C)COc1ccccc1. The van der Waals surface area contributed by atoms with Crippen molar-refractivity contribution in [2.24, 2.45) is 0 Å². The third-order valence-electron chi connectivity index (χ3n) is 2.61. The Labute approximate surface area is 109 Å². The summed E-state index contributed by atoms with van der Waals surface area (Å²) in [5.74, 6) is 0.768. The van der Waals surface area contributed by atoms with Crippen LogP contribution in [-0.2, 0) is 0 Å². The van der Waals surface area contributed by atoms with Gasteiger partial charge in [0.05, 0.1) is 0 Å². The smallest absolute Gasteiger partial charge is 0.119 e. The predicted octanol–water partition coefficient (Wildman–Crippen LogP) is 2.37. The van der Waals surface area contributed by atoms with Gasteiger partial charge in [-0.1, -0.05) is 38.1 Å². The highest BCUT2D eigenvalue weighted by Gasteiger charge is 2.26. The fourth-order valence-electron chi connectivity index (χ4n) is 1.58. The average molecular weight is 249 g/mol. The van der Waals surface area contributed by atoms with Gasteiger partial charge >= 0.3 is 0 Å². The van der Waals surface area contributed by atoms with Gasteiger partial charge in [-0.2, -0.15) is 0 Å². The van der Waals surface area contributed by atoms with E-state index in [9.17, 15) is 5.11 Å². The number of para-hydroxylation sites is 1. The molecule has 0 aliphatic heterocycles. The maximum Gasteiger partial charge on any atom is 0.119 e. The number of hydrogen-bond donors (Lipinski definition) is 2. The first-order valence-corrected chi connectivity index (χ1v) is 6.30. The molecule has 0 heterocycles. The Morgan fingerprint density at radius 1 is 1.39 bits per heavy atom. The van der Waals surface area contributed by atoms with E-state index in [1.165, 1.54) is 0 Å². The zero-order valence-corrected chi connectivity index (χ0v) is 11.2. The summed E-state index contributed by atoms with van der Waals surface area (Å²) in [6, 6.07) is 9.85. The van der Waals surface area contributed by atoms with Crippen molar-refractivity contribution in [3.8, 4) is 5.75 Å². The number of ether oxygens (including phenoxy) is 1. The first kappa shape index (κ1) is 14.7. The maximum absolute atomic E-state index is 10.5. The molecular weight excluding hydrogens is 226 g/mol. The van der Waals surface area contributed by atoms with Crippen LogP contribution >= 0.6 is 0 Å². The lowest BCUT2D eigenvalue weighted by Gasteiger charge is -2.28. The Morgan fingerprint density at radius 2 is 2.06 bits per heavy atom. The normalized spacial score (nSPS) is 14.2. The molecule has 0 radical (unpaired) electrons. The van der Waals surface area contributed by atoms with E-state index in [1.807, 2.05) is 44.2 Å². The van der Waals surface area contributed by atoms with Crippen molar-refractivity contribution in [1.82, 2.24) is 5.32 Å². The van der Waals surface area contributed by atoms with Gasteiger partial charge in [-0.15, -0.1) is 6.58 Å². The lowest BCUT2D eigenvalue weighted by molar-refractivity contribution is -0.00288. The fraction of sp³-hybridized carbons (Fsp3) is 0.467. The average Bonchev–Trinajstić information content (AvgIpc) is 2.36. The molecule has 0 aliphatic rings. The molecule has 1 aromatic carbocycles. The summed E-state index contributed by atoms with van der Waals surface area (Å²) in [6.45, 7) is 8.52. The predicted molar refractivity (Wildman–Crippen MR) is 74.8 cm³/mol. The first-order chi connectivity index (χ1) is 8.56. The van der Waals surface area contributed by atoms with Crippen LogP contribution in [-0.4, -0.2) is 29.9 Å². The van der Waals surface area contributed by atoms with Crippen LogP contribution in [0.15, 0.2) is 43.0 Å². The second kappa shape index (κ2) is 7.19. The monoisotopic (exact) mass is 249 g/mol. The van der Waals surface area contributed by atoms with Gasteiger partial charge in [-0.05, 0) is 18.6 Å². The van der Waals surface area contributed by atoms with Gasteiger partial charge in [0.2, 0.25) is 0 Å². The number of rotatable bonds is 8. The third kappa shape index (κ3) is 5.34. The highest BCUT2D eigenvalue weighted by Crippen LogP contribution is 2.15. The number of aliphatic hydroxyl groups is 1. The molecule has 1 rings (SSSR count). The molecule has 0 saturated heterocycles. The van der Waals surface area contributed by atoms with Gasteiger partial charge in [0, 0.05) is 12.6 Å². The van der Waals surface area contributed by atoms with Crippen LogP contribution in [0.2, 0.25) is 0 Å². The Bertz CT molecular complexity index is 351. The van der Waals surface area contributed by atoms with Crippen molar-refractivity contribution in [2.75, 3.05) is 13.2 Å². The number of hydrogen-bond acceptors (Lipinski definition) is 3. The van der Waals surface area contributed by atoms with Crippen LogP contribution in [0.25, 0.3) is 0 Å². The molecule has 3 heteroatoms. The Balaban J connectivity index is 2.53. The zero-order chi connectivity index (χ0) is 13.4. The van der Waals surface area contributed by atoms with Gasteiger partial charge in [0.25, 0.3) is 0 Å². The van der Waals surface area contributed by atoms with Gasteiger partial charge in [-0.3, -0.25) is 0 Å². The highest BCUT2D eigenvalue weighted by molar-refractivity contribution is 5.21. The second-order valence-electron chi connectivity index (χ2n) is 4.85. The zero-order valence-electron chi connectivity index (χ0n) is 11.2. The van der Waals surface area contributed by atoms with Gasteiger partial charge < -0.3 is 15.2 Å². The molecule has 0 spiro atoms. The Morgan fingerprint density at radius 3 is 2.61 bits per heavy atom. The molecule has 100 valence electrons. The van der Waals surface area contributed by atoms with E-state index >= 15 is 0 Å². The summed E-state index contributed by atoms with van der Waals surface area (Å²) in [4.78, 5) is 0. The van der Waals surface area contributed by atoms with E-state index in [2.05, 4.69) is 11.9 Å². The molecule has 0 saturated carbocycles. The topological polar surface area (TPSA) is 41.5 Å². The minimum atomic E-state index is -0.915. The van der Waals surface area contributed by atoms with Crippen molar-refractivity contribution in [3.05, 3.63) is 43.0 Å². The molecule has 1 atom stereocenters. The summed E-state index contributed by atoms with van der Waals surface area (Å²) in [7, 11) is 0. The first-order valence-electron chi connectivity index (χ1n) is 6.30. The third-order valence-corrected chi connectivity index (χ3v) is 2.61. The standard InChI is InChI=1S/C15H23NO2/c1-4-10-15(17,11-16-13(2)3)12-18-14-8-6-5-7-9-14/h4-9,13,16-17H,1,10-12H2,2-3H3. The summed E-state index contributed by atoms with van der Waals surface area (Å²) in [5, 5.41) is 13.7. The number of nitrogens with one attached hydrogen (secondary N) is 1. The lowest BCUT2D eigenvalue weighted by atomic mass is 10.0. The van der Waals surface area contributed by atoms with Crippen LogP contribution < -0.4 is 10.1 Å². The molecule has 3 nitrogen and oxygen atoms in total. The molecule has 2 N–H and O–H groups in total. The quantitative estimate of drug-likeness (QED) is 0.695. The minimum absolute atomic E-state index is 0.253. The molecule has 0 fully saturated rings. The van der Waals surface area contributed by atoms with E-state index < -0.39 is 5.60 Å². The maximum atomic E-state index is 10.5. The molecule has 18 heavy (non-hydrogen) atoms. The van der Waals surface area contributed by atoms with Gasteiger partial charge in [0.15, 0.2) is 0 Å². The molecule has 1 aromatic rings. The van der Waals surface area contributed by atoms with Crippen molar-refractivity contribution < 1.29 is 9.84 Å². The molecule has 1 unspecified atom stereocenters. The minimum Gasteiger partial charge on any atom is -0.491 e. The van der Waals surface area contributed by atoms with E-state index in [1.54, 1.807) is 6.08 Å². The Hall–Kier alpha value is -1.32. The molecular formula is C15H23NO2. The van der Waals surface area contributed by atoms with Gasteiger partial charge in [-0.25, -0.2) is 0 Å². The second-order valence-corrected chi connectivity index (χ2v) is 4.85. The largest absolute Gasteiger partial charge is 0.491 e.